The number of amides is 1. The first-order valence-corrected chi connectivity index (χ1v) is 7.52. The van der Waals surface area contributed by atoms with Crippen LogP contribution in [-0.4, -0.2) is 42.6 Å². The Bertz CT molecular complexity index is 441. The van der Waals surface area contributed by atoms with Crippen LogP contribution in [0.3, 0.4) is 0 Å². The summed E-state index contributed by atoms with van der Waals surface area (Å²) >= 11 is 0. The second kappa shape index (κ2) is 8.15. The maximum absolute atomic E-state index is 11.7. The van der Waals surface area contributed by atoms with Crippen LogP contribution in [0.1, 0.15) is 38.0 Å². The normalized spacial score (nSPS) is 14.0. The molecule has 0 fully saturated rings. The van der Waals surface area contributed by atoms with Gasteiger partial charge in [-0.3, -0.25) is 4.79 Å². The Morgan fingerprint density at radius 1 is 1.19 bits per heavy atom. The molecule has 2 unspecified atom stereocenters. The van der Waals surface area contributed by atoms with E-state index in [9.17, 15) is 9.90 Å². The smallest absolute Gasteiger partial charge is 0.238 e. The maximum Gasteiger partial charge on any atom is 0.238 e. The lowest BCUT2D eigenvalue weighted by Gasteiger charge is -2.20. The monoisotopic (exact) mass is 292 g/mol. The van der Waals surface area contributed by atoms with Crippen LogP contribution in [-0.2, 0) is 11.2 Å². The summed E-state index contributed by atoms with van der Waals surface area (Å²) in [5, 5.41) is 13.2. The Morgan fingerprint density at radius 2 is 1.76 bits per heavy atom. The molecule has 0 radical (unpaired) electrons. The van der Waals surface area contributed by atoms with Crippen molar-refractivity contribution in [3.05, 3.63) is 35.4 Å². The van der Waals surface area contributed by atoms with Crippen molar-refractivity contribution in [2.45, 2.75) is 39.3 Å². The Balaban J connectivity index is 2.52. The number of carbonyl (C=O) groups is 1. The van der Waals surface area contributed by atoms with E-state index in [1.807, 2.05) is 12.1 Å². The van der Waals surface area contributed by atoms with Crippen molar-refractivity contribution in [1.29, 1.82) is 0 Å². The summed E-state index contributed by atoms with van der Waals surface area (Å²) < 4.78 is 0. The lowest BCUT2D eigenvalue weighted by molar-refractivity contribution is -0.130. The van der Waals surface area contributed by atoms with E-state index in [0.29, 0.717) is 12.5 Å². The van der Waals surface area contributed by atoms with Crippen LogP contribution in [0.2, 0.25) is 0 Å². The van der Waals surface area contributed by atoms with Gasteiger partial charge in [-0.25, -0.2) is 0 Å². The molecule has 0 heterocycles. The predicted molar refractivity (Wildman–Crippen MR) is 86.1 cm³/mol. The number of nitrogens with zero attached hydrogens (tertiary/aromatic N) is 1. The van der Waals surface area contributed by atoms with Gasteiger partial charge in [-0.05, 0) is 30.4 Å². The van der Waals surface area contributed by atoms with Crippen molar-refractivity contribution < 1.29 is 9.90 Å². The molecule has 4 nitrogen and oxygen atoms in total. The molecule has 21 heavy (non-hydrogen) atoms. The molecule has 0 saturated carbocycles. The number of nitrogens with one attached hydrogen (secondary N) is 1. The van der Waals surface area contributed by atoms with Crippen LogP contribution in [0.4, 0.5) is 0 Å². The fraction of sp³-hybridized carbons (Fsp3) is 0.588. The molecule has 1 aromatic carbocycles. The topological polar surface area (TPSA) is 52.6 Å². The van der Waals surface area contributed by atoms with Crippen molar-refractivity contribution in [1.82, 2.24) is 10.2 Å². The highest BCUT2D eigenvalue weighted by atomic mass is 16.3. The number of aliphatic hydroxyl groups is 1. The highest BCUT2D eigenvalue weighted by Gasteiger charge is 2.16. The van der Waals surface area contributed by atoms with E-state index in [-0.39, 0.29) is 11.9 Å². The van der Waals surface area contributed by atoms with E-state index >= 15 is 0 Å². The Hall–Kier alpha value is -1.39. The Morgan fingerprint density at radius 3 is 2.24 bits per heavy atom. The molecule has 0 aromatic heterocycles. The van der Waals surface area contributed by atoms with Crippen LogP contribution < -0.4 is 5.32 Å². The number of aliphatic hydroxyl groups excluding tert-OH is 1. The molecule has 4 heteroatoms. The zero-order valence-electron chi connectivity index (χ0n) is 13.8. The van der Waals surface area contributed by atoms with Gasteiger partial charge in [0.2, 0.25) is 5.91 Å². The quantitative estimate of drug-likeness (QED) is 0.808. The first-order valence-electron chi connectivity index (χ1n) is 7.52. The average molecular weight is 292 g/mol. The number of likely N-dealkylation sites (N-methyl/N-ethyl adjacent to an activating group) is 1. The summed E-state index contributed by atoms with van der Waals surface area (Å²) in [6.07, 6.45) is 0.443. The standard InChI is InChI=1S/C17H28N2O2/c1-12(2)10-14-6-8-15(9-7-14)16(20)11-18-13(3)17(21)19(4)5/h6-9,12-13,16,18,20H,10-11H2,1-5H3. The molecule has 0 aliphatic carbocycles. The second-order valence-corrected chi connectivity index (χ2v) is 6.22. The predicted octanol–water partition coefficient (Wildman–Crippen LogP) is 1.98. The first kappa shape index (κ1) is 17.7. The van der Waals surface area contributed by atoms with Gasteiger partial charge in [0.15, 0.2) is 0 Å². The third-order valence-electron chi connectivity index (χ3n) is 3.44. The van der Waals surface area contributed by atoms with Gasteiger partial charge in [0.05, 0.1) is 12.1 Å². The SMILES string of the molecule is CC(C)Cc1ccc(C(O)CNC(C)C(=O)N(C)C)cc1. The van der Waals surface area contributed by atoms with Crippen molar-refractivity contribution in [2.24, 2.45) is 5.92 Å². The van der Waals surface area contributed by atoms with E-state index in [0.717, 1.165) is 12.0 Å². The largest absolute Gasteiger partial charge is 0.387 e. The van der Waals surface area contributed by atoms with Gasteiger partial charge in [-0.15, -0.1) is 0 Å². The van der Waals surface area contributed by atoms with Gasteiger partial charge in [0, 0.05) is 20.6 Å². The Labute approximate surface area is 128 Å². The summed E-state index contributed by atoms with van der Waals surface area (Å²) in [5.41, 5.74) is 2.16. The van der Waals surface area contributed by atoms with Gasteiger partial charge < -0.3 is 15.3 Å². The first-order chi connectivity index (χ1) is 9.81. The zero-order chi connectivity index (χ0) is 16.0. The molecule has 2 N–H and O–H groups in total. The molecule has 118 valence electrons. The van der Waals surface area contributed by atoms with Gasteiger partial charge in [0.25, 0.3) is 0 Å². The molecule has 1 aromatic rings. The van der Waals surface area contributed by atoms with Crippen LogP contribution >= 0.6 is 0 Å². The summed E-state index contributed by atoms with van der Waals surface area (Å²) in [6.45, 7) is 6.55. The summed E-state index contributed by atoms with van der Waals surface area (Å²) in [5.74, 6) is 0.634. The third kappa shape index (κ3) is 5.86. The fourth-order valence-electron chi connectivity index (χ4n) is 2.23. The number of benzene rings is 1. The molecule has 0 aliphatic rings. The minimum atomic E-state index is -0.601. The number of hydrogen-bond acceptors (Lipinski definition) is 3. The molecular formula is C17H28N2O2. The molecule has 0 saturated heterocycles. The van der Waals surface area contributed by atoms with E-state index in [1.54, 1.807) is 25.9 Å². The van der Waals surface area contributed by atoms with Gasteiger partial charge in [-0.2, -0.15) is 0 Å². The molecular weight excluding hydrogens is 264 g/mol. The van der Waals surface area contributed by atoms with Crippen molar-refractivity contribution >= 4 is 5.91 Å². The minimum absolute atomic E-state index is 0.00878. The summed E-state index contributed by atoms with van der Waals surface area (Å²) in [7, 11) is 3.45. The highest BCUT2D eigenvalue weighted by Crippen LogP contribution is 2.15. The van der Waals surface area contributed by atoms with E-state index in [4.69, 9.17) is 0 Å². The molecule has 1 amide bonds. The lowest BCUT2D eigenvalue weighted by atomic mass is 10.00. The molecule has 1 rings (SSSR count). The number of carbonyl (C=O) groups excluding carboxylic acids is 1. The minimum Gasteiger partial charge on any atom is -0.387 e. The van der Waals surface area contributed by atoms with Crippen LogP contribution in [0, 0.1) is 5.92 Å². The van der Waals surface area contributed by atoms with E-state index < -0.39 is 6.10 Å². The highest BCUT2D eigenvalue weighted by molar-refractivity contribution is 5.80. The summed E-state index contributed by atoms with van der Waals surface area (Å²) in [4.78, 5) is 13.3. The summed E-state index contributed by atoms with van der Waals surface area (Å²) in [6, 6.07) is 7.75. The van der Waals surface area contributed by atoms with E-state index in [1.165, 1.54) is 5.56 Å². The van der Waals surface area contributed by atoms with Gasteiger partial charge >= 0.3 is 0 Å². The zero-order valence-corrected chi connectivity index (χ0v) is 13.8. The van der Waals surface area contributed by atoms with Gasteiger partial charge in [-0.1, -0.05) is 38.1 Å². The van der Waals surface area contributed by atoms with Crippen molar-refractivity contribution in [2.75, 3.05) is 20.6 Å². The van der Waals surface area contributed by atoms with Crippen LogP contribution in [0.15, 0.2) is 24.3 Å². The molecule has 2 atom stereocenters. The van der Waals surface area contributed by atoms with Crippen molar-refractivity contribution in [3.8, 4) is 0 Å². The van der Waals surface area contributed by atoms with Gasteiger partial charge in [0.1, 0.15) is 0 Å². The molecule has 0 bridgehead atoms. The number of hydrogen-bond donors (Lipinski definition) is 2. The van der Waals surface area contributed by atoms with Crippen molar-refractivity contribution in [3.63, 3.8) is 0 Å². The second-order valence-electron chi connectivity index (χ2n) is 6.22. The van der Waals surface area contributed by atoms with Crippen LogP contribution in [0.5, 0.6) is 0 Å². The maximum atomic E-state index is 11.7. The lowest BCUT2D eigenvalue weighted by Crippen LogP contribution is -2.42. The average Bonchev–Trinajstić information content (AvgIpc) is 2.43. The Kier molecular flexibility index (Phi) is 6.85. The molecule has 0 aliphatic heterocycles. The third-order valence-corrected chi connectivity index (χ3v) is 3.44. The fourth-order valence-corrected chi connectivity index (χ4v) is 2.23. The van der Waals surface area contributed by atoms with Crippen LogP contribution in [0.25, 0.3) is 0 Å². The molecule has 0 spiro atoms. The number of rotatable bonds is 7. The van der Waals surface area contributed by atoms with E-state index in [2.05, 4.69) is 31.3 Å².